The van der Waals surface area contributed by atoms with Crippen LogP contribution in [0, 0.1) is 13.8 Å². The van der Waals surface area contributed by atoms with Gasteiger partial charge < -0.3 is 20.1 Å². The third kappa shape index (κ3) is 4.02. The Morgan fingerprint density at radius 1 is 1.20 bits per heavy atom. The van der Waals surface area contributed by atoms with Gasteiger partial charge in [-0.15, -0.1) is 0 Å². The number of amides is 2. The fourth-order valence-corrected chi connectivity index (χ4v) is 3.87. The third-order valence-corrected chi connectivity index (χ3v) is 5.35. The summed E-state index contributed by atoms with van der Waals surface area (Å²) in [5.41, 5.74) is 3.86. The number of piperazine rings is 1. The summed E-state index contributed by atoms with van der Waals surface area (Å²) in [6.45, 7) is 5.46. The molecule has 1 saturated heterocycles. The van der Waals surface area contributed by atoms with Crippen LogP contribution in [-0.2, 0) is 4.79 Å². The SMILES string of the molecule is Cc1cc(C(=O)Nc2ccc(N3CCNC(=O)C3)nc2)c(C)n1-c1cccc(Cl)c1. The van der Waals surface area contributed by atoms with Crippen molar-refractivity contribution in [2.24, 2.45) is 0 Å². The van der Waals surface area contributed by atoms with Gasteiger partial charge in [0.2, 0.25) is 5.91 Å². The number of carbonyl (C=O) groups is 2. The van der Waals surface area contributed by atoms with Crippen molar-refractivity contribution in [1.29, 1.82) is 0 Å². The largest absolute Gasteiger partial charge is 0.353 e. The average Bonchev–Trinajstić information content (AvgIpc) is 3.03. The second-order valence-corrected chi connectivity index (χ2v) is 7.67. The average molecular weight is 424 g/mol. The van der Waals surface area contributed by atoms with Crippen LogP contribution in [0.5, 0.6) is 0 Å². The minimum atomic E-state index is -0.205. The van der Waals surface area contributed by atoms with Crippen molar-refractivity contribution < 1.29 is 9.59 Å². The second-order valence-electron chi connectivity index (χ2n) is 7.23. The molecule has 0 atom stereocenters. The molecule has 2 amide bonds. The van der Waals surface area contributed by atoms with Crippen molar-refractivity contribution in [3.05, 3.63) is 70.6 Å². The van der Waals surface area contributed by atoms with Gasteiger partial charge in [-0.25, -0.2) is 4.98 Å². The summed E-state index contributed by atoms with van der Waals surface area (Å²) in [5.74, 6) is 0.487. The lowest BCUT2D eigenvalue weighted by molar-refractivity contribution is -0.120. The summed E-state index contributed by atoms with van der Waals surface area (Å²) in [4.78, 5) is 30.7. The Morgan fingerprint density at radius 3 is 2.73 bits per heavy atom. The maximum absolute atomic E-state index is 12.9. The van der Waals surface area contributed by atoms with E-state index in [1.807, 2.05) is 59.7 Å². The first-order valence-electron chi connectivity index (χ1n) is 9.66. The molecule has 0 saturated carbocycles. The molecule has 0 radical (unpaired) electrons. The maximum Gasteiger partial charge on any atom is 0.257 e. The number of pyridine rings is 1. The van der Waals surface area contributed by atoms with Crippen LogP contribution >= 0.6 is 11.6 Å². The number of rotatable bonds is 4. The second kappa shape index (κ2) is 8.20. The molecule has 0 unspecified atom stereocenters. The van der Waals surface area contributed by atoms with Gasteiger partial charge in [-0.1, -0.05) is 17.7 Å². The molecule has 1 aromatic carbocycles. The van der Waals surface area contributed by atoms with Gasteiger partial charge in [0.25, 0.3) is 5.91 Å². The van der Waals surface area contributed by atoms with Crippen molar-refractivity contribution in [2.75, 3.05) is 29.9 Å². The molecule has 1 aliphatic heterocycles. The summed E-state index contributed by atoms with van der Waals surface area (Å²) in [7, 11) is 0. The Balaban J connectivity index is 1.52. The Kier molecular flexibility index (Phi) is 5.46. The summed E-state index contributed by atoms with van der Waals surface area (Å²) in [6, 6.07) is 13.0. The van der Waals surface area contributed by atoms with E-state index in [2.05, 4.69) is 15.6 Å². The fraction of sp³-hybridized carbons (Fsp3) is 0.227. The smallest absolute Gasteiger partial charge is 0.257 e. The van der Waals surface area contributed by atoms with E-state index in [-0.39, 0.29) is 18.4 Å². The van der Waals surface area contributed by atoms with E-state index in [4.69, 9.17) is 11.6 Å². The zero-order valence-corrected chi connectivity index (χ0v) is 17.5. The van der Waals surface area contributed by atoms with Crippen LogP contribution in [0.2, 0.25) is 5.02 Å². The van der Waals surface area contributed by atoms with E-state index in [1.165, 1.54) is 0 Å². The van der Waals surface area contributed by atoms with E-state index in [9.17, 15) is 9.59 Å². The molecule has 3 heterocycles. The summed E-state index contributed by atoms with van der Waals surface area (Å²) in [6.07, 6.45) is 1.61. The van der Waals surface area contributed by atoms with Crippen LogP contribution in [0.25, 0.3) is 5.69 Å². The van der Waals surface area contributed by atoms with Gasteiger partial charge in [0.05, 0.1) is 24.0 Å². The number of hydrogen-bond donors (Lipinski definition) is 2. The van der Waals surface area contributed by atoms with Gasteiger partial charge in [-0.2, -0.15) is 0 Å². The minimum absolute atomic E-state index is 0.0181. The van der Waals surface area contributed by atoms with Crippen molar-refractivity contribution in [1.82, 2.24) is 14.9 Å². The van der Waals surface area contributed by atoms with Gasteiger partial charge in [0.15, 0.2) is 0 Å². The Morgan fingerprint density at radius 2 is 2.03 bits per heavy atom. The van der Waals surface area contributed by atoms with E-state index >= 15 is 0 Å². The van der Waals surface area contributed by atoms with Crippen molar-refractivity contribution >= 4 is 34.9 Å². The fourth-order valence-electron chi connectivity index (χ4n) is 3.68. The van der Waals surface area contributed by atoms with Crippen LogP contribution in [0.15, 0.2) is 48.7 Å². The van der Waals surface area contributed by atoms with Gasteiger partial charge >= 0.3 is 0 Å². The monoisotopic (exact) mass is 423 g/mol. The number of halogens is 1. The Bertz CT molecular complexity index is 1110. The predicted molar refractivity (Wildman–Crippen MR) is 118 cm³/mol. The minimum Gasteiger partial charge on any atom is -0.353 e. The molecule has 0 spiro atoms. The standard InChI is InChI=1S/C22H22ClN5O2/c1-14-10-19(15(2)28(14)18-5-3-4-16(23)11-18)22(30)26-17-6-7-20(25-12-17)27-9-8-24-21(29)13-27/h3-7,10-12H,8-9,13H2,1-2H3,(H,24,29)(H,26,30). The summed E-state index contributed by atoms with van der Waals surface area (Å²) >= 11 is 6.13. The zero-order valence-electron chi connectivity index (χ0n) is 16.8. The lowest BCUT2D eigenvalue weighted by Crippen LogP contribution is -2.48. The maximum atomic E-state index is 12.9. The Labute approximate surface area is 179 Å². The Hall–Kier alpha value is -3.32. The molecule has 1 aliphatic rings. The summed E-state index contributed by atoms with van der Waals surface area (Å²) < 4.78 is 2.00. The van der Waals surface area contributed by atoms with Crippen LogP contribution < -0.4 is 15.5 Å². The molecule has 4 rings (SSSR count). The normalized spacial score (nSPS) is 13.8. The van der Waals surface area contributed by atoms with Crippen LogP contribution in [0.3, 0.4) is 0 Å². The molecule has 2 aromatic heterocycles. The highest BCUT2D eigenvalue weighted by Crippen LogP contribution is 2.24. The highest BCUT2D eigenvalue weighted by atomic mass is 35.5. The molecule has 0 aliphatic carbocycles. The molecule has 0 bridgehead atoms. The predicted octanol–water partition coefficient (Wildman–Crippen LogP) is 3.33. The molecule has 154 valence electrons. The van der Waals surface area contributed by atoms with Gasteiger partial charge in [0, 0.05) is 35.2 Å². The van der Waals surface area contributed by atoms with Crippen molar-refractivity contribution in [3.63, 3.8) is 0 Å². The first kappa shape index (κ1) is 20.0. The number of hydrogen-bond acceptors (Lipinski definition) is 4. The number of aryl methyl sites for hydroxylation is 1. The lowest BCUT2D eigenvalue weighted by atomic mass is 10.2. The van der Waals surface area contributed by atoms with E-state index < -0.39 is 0 Å². The van der Waals surface area contributed by atoms with Gasteiger partial charge in [-0.3, -0.25) is 9.59 Å². The van der Waals surface area contributed by atoms with E-state index in [0.29, 0.717) is 35.2 Å². The van der Waals surface area contributed by atoms with Gasteiger partial charge in [0.1, 0.15) is 5.82 Å². The third-order valence-electron chi connectivity index (χ3n) is 5.11. The zero-order chi connectivity index (χ0) is 21.3. The van der Waals surface area contributed by atoms with Gasteiger partial charge in [-0.05, 0) is 50.2 Å². The van der Waals surface area contributed by atoms with Crippen LogP contribution in [0.1, 0.15) is 21.7 Å². The van der Waals surface area contributed by atoms with Crippen LogP contribution in [0.4, 0.5) is 11.5 Å². The molecule has 8 heteroatoms. The molecule has 7 nitrogen and oxygen atoms in total. The van der Waals surface area contributed by atoms with E-state index in [0.717, 1.165) is 17.1 Å². The highest BCUT2D eigenvalue weighted by molar-refractivity contribution is 6.30. The molecule has 1 fully saturated rings. The molecular formula is C22H22ClN5O2. The molecule has 3 aromatic rings. The van der Waals surface area contributed by atoms with Crippen molar-refractivity contribution in [2.45, 2.75) is 13.8 Å². The lowest BCUT2D eigenvalue weighted by Gasteiger charge is -2.27. The van der Waals surface area contributed by atoms with Crippen molar-refractivity contribution in [3.8, 4) is 5.69 Å². The highest BCUT2D eigenvalue weighted by Gasteiger charge is 2.19. The molecular weight excluding hydrogens is 402 g/mol. The van der Waals surface area contributed by atoms with Crippen LogP contribution in [-0.4, -0.2) is 41.0 Å². The number of aromatic nitrogens is 2. The molecule has 2 N–H and O–H groups in total. The first-order valence-corrected chi connectivity index (χ1v) is 10.0. The quantitative estimate of drug-likeness (QED) is 0.674. The number of nitrogens with zero attached hydrogens (tertiary/aromatic N) is 3. The van der Waals surface area contributed by atoms with E-state index in [1.54, 1.807) is 12.3 Å². The first-order chi connectivity index (χ1) is 14.4. The summed E-state index contributed by atoms with van der Waals surface area (Å²) in [5, 5.41) is 6.33. The molecule has 30 heavy (non-hydrogen) atoms. The number of benzene rings is 1. The number of anilines is 2. The topological polar surface area (TPSA) is 79.3 Å². The number of nitrogens with one attached hydrogen (secondary N) is 2. The number of carbonyl (C=O) groups excluding carboxylic acids is 2.